The molecule has 2 amide bonds. The predicted octanol–water partition coefficient (Wildman–Crippen LogP) is 2.51. The first-order valence-corrected chi connectivity index (χ1v) is 13.8. The number of Topliss-reactive ketones (excluding diaryl/α,β-unsaturated/α-hetero) is 2. The number of rotatable bonds is 8. The van der Waals surface area contributed by atoms with E-state index in [9.17, 15) is 23.6 Å². The van der Waals surface area contributed by atoms with Gasteiger partial charge in [-0.2, -0.15) is 4.98 Å². The Morgan fingerprint density at radius 2 is 1.79 bits per heavy atom. The number of ketones is 2. The van der Waals surface area contributed by atoms with Crippen LogP contribution in [-0.2, 0) is 27.6 Å². The summed E-state index contributed by atoms with van der Waals surface area (Å²) in [6, 6.07) is 7.80. The highest BCUT2D eigenvalue weighted by molar-refractivity contribution is 6.45. The molecular formula is C30H34FN5O6. The van der Waals surface area contributed by atoms with Gasteiger partial charge in [-0.05, 0) is 37.6 Å². The zero-order valence-corrected chi connectivity index (χ0v) is 24.1. The summed E-state index contributed by atoms with van der Waals surface area (Å²) in [6.45, 7) is 5.79. The van der Waals surface area contributed by atoms with E-state index in [4.69, 9.17) is 9.47 Å². The lowest BCUT2D eigenvalue weighted by molar-refractivity contribution is -0.127. The number of pyridine rings is 1. The number of piperazine rings is 1. The number of amides is 2. The van der Waals surface area contributed by atoms with E-state index < -0.39 is 11.7 Å². The molecule has 4 heterocycles. The predicted molar refractivity (Wildman–Crippen MR) is 151 cm³/mol. The number of benzene rings is 1. The van der Waals surface area contributed by atoms with Gasteiger partial charge in [-0.3, -0.25) is 24.1 Å². The van der Waals surface area contributed by atoms with Crippen molar-refractivity contribution in [2.45, 2.75) is 45.6 Å². The molecule has 0 radical (unpaired) electrons. The van der Waals surface area contributed by atoms with Crippen LogP contribution in [0.2, 0.25) is 0 Å². The number of carbonyl (C=O) groups is 4. The maximum atomic E-state index is 14.0. The molecule has 2 aromatic heterocycles. The maximum Gasteiger partial charge on any atom is 0.295 e. The molecule has 0 spiro atoms. The molecule has 0 aliphatic carbocycles. The summed E-state index contributed by atoms with van der Waals surface area (Å²) in [4.78, 5) is 61.9. The van der Waals surface area contributed by atoms with Gasteiger partial charge in [-0.25, -0.2) is 4.39 Å². The number of hydrogen-bond acceptors (Lipinski definition) is 8. The third kappa shape index (κ3) is 5.64. The molecule has 2 aliphatic rings. The summed E-state index contributed by atoms with van der Waals surface area (Å²) >= 11 is 0. The number of fused-ring (bicyclic) bond motifs is 1. The SMILES string of the molecule is COCn1cc(C(=O)C(=O)N2CCC(=O)C2)c2cc(C(=O)N3C[C@H](C)N(Cc4ccc(F)cc4)C[C@H]3C)c(OC)nc21. The molecule has 1 aromatic carbocycles. The summed E-state index contributed by atoms with van der Waals surface area (Å²) in [5.74, 6) is -2.16. The molecule has 3 aromatic rings. The quantitative estimate of drug-likeness (QED) is 0.296. The molecule has 2 atom stereocenters. The molecular weight excluding hydrogens is 545 g/mol. The molecule has 42 heavy (non-hydrogen) atoms. The average Bonchev–Trinajstić information content (AvgIpc) is 3.57. The molecule has 0 unspecified atom stereocenters. The van der Waals surface area contributed by atoms with Crippen LogP contribution >= 0.6 is 0 Å². The summed E-state index contributed by atoms with van der Waals surface area (Å²) < 4.78 is 25.7. The fourth-order valence-electron chi connectivity index (χ4n) is 5.66. The second-order valence-corrected chi connectivity index (χ2v) is 10.9. The molecule has 0 N–H and O–H groups in total. The Labute approximate surface area is 242 Å². The van der Waals surface area contributed by atoms with Crippen LogP contribution in [-0.4, -0.2) is 100 Å². The fraction of sp³-hybridized carbons (Fsp3) is 0.433. The van der Waals surface area contributed by atoms with Crippen molar-refractivity contribution in [2.24, 2.45) is 0 Å². The Balaban J connectivity index is 1.45. The number of methoxy groups -OCH3 is 2. The average molecular weight is 580 g/mol. The van der Waals surface area contributed by atoms with Gasteiger partial charge in [0.2, 0.25) is 5.88 Å². The van der Waals surface area contributed by atoms with Crippen molar-refractivity contribution >= 4 is 34.4 Å². The van der Waals surface area contributed by atoms with Crippen LogP contribution in [0.5, 0.6) is 5.88 Å². The van der Waals surface area contributed by atoms with E-state index in [1.165, 1.54) is 37.4 Å². The third-order valence-corrected chi connectivity index (χ3v) is 7.94. The van der Waals surface area contributed by atoms with Crippen molar-refractivity contribution in [3.05, 3.63) is 59.0 Å². The Morgan fingerprint density at radius 3 is 2.43 bits per heavy atom. The second kappa shape index (κ2) is 12.0. The minimum absolute atomic E-state index is 0.0126. The number of halogens is 1. The Kier molecular flexibility index (Phi) is 8.37. The summed E-state index contributed by atoms with van der Waals surface area (Å²) in [7, 11) is 2.91. The van der Waals surface area contributed by atoms with Crippen LogP contribution in [0.3, 0.4) is 0 Å². The van der Waals surface area contributed by atoms with Crippen molar-refractivity contribution in [3.8, 4) is 5.88 Å². The van der Waals surface area contributed by atoms with Crippen molar-refractivity contribution in [1.29, 1.82) is 0 Å². The smallest absolute Gasteiger partial charge is 0.295 e. The van der Waals surface area contributed by atoms with Crippen LogP contribution < -0.4 is 4.74 Å². The molecule has 11 nitrogen and oxygen atoms in total. The summed E-state index contributed by atoms with van der Waals surface area (Å²) in [5.41, 5.74) is 1.55. The maximum absolute atomic E-state index is 14.0. The van der Waals surface area contributed by atoms with E-state index in [0.717, 1.165) is 5.56 Å². The first-order valence-electron chi connectivity index (χ1n) is 13.8. The van der Waals surface area contributed by atoms with Gasteiger partial charge in [0.1, 0.15) is 23.8 Å². The molecule has 0 saturated carbocycles. The second-order valence-electron chi connectivity index (χ2n) is 10.9. The molecule has 2 saturated heterocycles. The number of nitrogens with zero attached hydrogens (tertiary/aromatic N) is 5. The van der Waals surface area contributed by atoms with E-state index in [2.05, 4.69) is 9.88 Å². The normalized spacial score (nSPS) is 19.5. The Hall–Kier alpha value is -4.16. The lowest BCUT2D eigenvalue weighted by atomic mass is 10.0. The van der Waals surface area contributed by atoms with Gasteiger partial charge in [0.15, 0.2) is 5.78 Å². The van der Waals surface area contributed by atoms with E-state index in [0.29, 0.717) is 30.7 Å². The first kappa shape index (κ1) is 29.3. The monoisotopic (exact) mass is 579 g/mol. The van der Waals surface area contributed by atoms with Gasteiger partial charge in [-0.1, -0.05) is 12.1 Å². The highest BCUT2D eigenvalue weighted by Gasteiger charge is 2.36. The molecule has 222 valence electrons. The number of aromatic nitrogens is 2. The highest BCUT2D eigenvalue weighted by atomic mass is 19.1. The lowest BCUT2D eigenvalue weighted by Gasteiger charge is -2.44. The third-order valence-electron chi connectivity index (χ3n) is 7.94. The zero-order chi connectivity index (χ0) is 30.1. The van der Waals surface area contributed by atoms with Crippen LogP contribution in [0, 0.1) is 5.82 Å². The molecule has 2 fully saturated rings. The van der Waals surface area contributed by atoms with Crippen LogP contribution in [0.1, 0.15) is 46.5 Å². The van der Waals surface area contributed by atoms with Gasteiger partial charge in [-0.15, -0.1) is 0 Å². The van der Waals surface area contributed by atoms with Crippen LogP contribution in [0.4, 0.5) is 4.39 Å². The number of carbonyl (C=O) groups excluding carboxylic acids is 4. The summed E-state index contributed by atoms with van der Waals surface area (Å²) in [6.07, 6.45) is 1.70. The molecule has 0 bridgehead atoms. The number of hydrogen-bond donors (Lipinski definition) is 0. The zero-order valence-electron chi connectivity index (χ0n) is 24.1. The van der Waals surface area contributed by atoms with Crippen molar-refractivity contribution in [2.75, 3.05) is 40.4 Å². The largest absolute Gasteiger partial charge is 0.480 e. The van der Waals surface area contributed by atoms with Gasteiger partial charge >= 0.3 is 0 Å². The van der Waals surface area contributed by atoms with E-state index >= 15 is 0 Å². The van der Waals surface area contributed by atoms with Crippen molar-refractivity contribution < 1.29 is 33.0 Å². The van der Waals surface area contributed by atoms with Crippen LogP contribution in [0.25, 0.3) is 11.0 Å². The fourth-order valence-corrected chi connectivity index (χ4v) is 5.66. The number of ether oxygens (including phenoxy) is 2. The van der Waals surface area contributed by atoms with Gasteiger partial charge in [0.05, 0.1) is 19.2 Å². The van der Waals surface area contributed by atoms with Crippen LogP contribution in [0.15, 0.2) is 36.5 Å². The first-order chi connectivity index (χ1) is 20.1. The topological polar surface area (TPSA) is 114 Å². The summed E-state index contributed by atoms with van der Waals surface area (Å²) in [5, 5.41) is 0.315. The standard InChI is InChI=1S/C30H34FN5O6/c1-18-13-36(19(2)12-34(18)14-20-5-7-21(31)8-6-20)29(39)24-11-23-25(26(38)30(40)33-10-9-22(37)15-33)16-35(17-41-3)27(23)32-28(24)42-4/h5-8,11,16,18-19H,9-10,12-15,17H2,1-4H3/t18-,19+/m0/s1. The Bertz CT molecular complexity index is 1540. The molecule has 5 rings (SSSR count). The molecule has 12 heteroatoms. The minimum Gasteiger partial charge on any atom is -0.480 e. The van der Waals surface area contributed by atoms with Gasteiger partial charge < -0.3 is 23.8 Å². The van der Waals surface area contributed by atoms with Gasteiger partial charge in [0, 0.05) is 63.4 Å². The van der Waals surface area contributed by atoms with E-state index in [-0.39, 0.29) is 72.8 Å². The Morgan fingerprint density at radius 1 is 1.05 bits per heavy atom. The lowest BCUT2D eigenvalue weighted by Crippen LogP contribution is -2.57. The minimum atomic E-state index is -0.786. The molecule has 2 aliphatic heterocycles. The highest BCUT2D eigenvalue weighted by Crippen LogP contribution is 2.30. The van der Waals surface area contributed by atoms with Crippen molar-refractivity contribution in [3.63, 3.8) is 0 Å². The van der Waals surface area contributed by atoms with Gasteiger partial charge in [0.25, 0.3) is 17.6 Å². The van der Waals surface area contributed by atoms with Crippen molar-refractivity contribution in [1.82, 2.24) is 24.3 Å². The van der Waals surface area contributed by atoms with E-state index in [1.54, 1.807) is 27.7 Å². The number of likely N-dealkylation sites (tertiary alicyclic amines) is 1. The van der Waals surface area contributed by atoms with E-state index in [1.807, 2.05) is 13.8 Å².